The number of carbonyl (C=O) groups excluding carboxylic acids is 1. The Kier molecular flexibility index (Phi) is 5.31. The van der Waals surface area contributed by atoms with E-state index in [4.69, 9.17) is 9.26 Å². The number of carbonyl (C=O) groups is 1. The number of nitrogens with zero attached hydrogens (tertiary/aromatic N) is 2. The van der Waals surface area contributed by atoms with Crippen LogP contribution in [0.2, 0.25) is 0 Å². The number of anilines is 1. The molecule has 0 saturated carbocycles. The largest absolute Gasteiger partial charge is 0.465 e. The van der Waals surface area contributed by atoms with Crippen LogP contribution in [0.25, 0.3) is 11.4 Å². The molecule has 6 heteroatoms. The number of ether oxygens (including phenoxy) is 1. The van der Waals surface area contributed by atoms with Crippen LogP contribution in [0.4, 0.5) is 5.69 Å². The summed E-state index contributed by atoms with van der Waals surface area (Å²) in [5.74, 6) is 1.06. The molecule has 0 unspecified atom stereocenters. The van der Waals surface area contributed by atoms with Gasteiger partial charge in [-0.15, -0.1) is 0 Å². The number of esters is 1. The predicted octanol–water partition coefficient (Wildman–Crippen LogP) is 4.26. The van der Waals surface area contributed by atoms with Gasteiger partial charge in [-0.3, -0.25) is 0 Å². The maximum Gasteiger partial charge on any atom is 0.339 e. The highest BCUT2D eigenvalue weighted by molar-refractivity contribution is 5.95. The van der Waals surface area contributed by atoms with Gasteiger partial charge in [-0.25, -0.2) is 4.79 Å². The minimum absolute atomic E-state index is 0.311. The quantitative estimate of drug-likeness (QED) is 0.669. The van der Waals surface area contributed by atoms with E-state index in [0.29, 0.717) is 35.4 Å². The second kappa shape index (κ2) is 7.82. The van der Waals surface area contributed by atoms with E-state index in [1.807, 2.05) is 18.2 Å². The van der Waals surface area contributed by atoms with E-state index in [1.165, 1.54) is 12.7 Å². The fourth-order valence-electron chi connectivity index (χ4n) is 2.56. The number of aromatic nitrogens is 2. The van der Waals surface area contributed by atoms with Gasteiger partial charge >= 0.3 is 5.97 Å². The fraction of sp³-hybridized carbons (Fsp3) is 0.250. The monoisotopic (exact) mass is 351 g/mol. The molecular formula is C20H21N3O3. The first kappa shape index (κ1) is 17.7. The Morgan fingerprint density at radius 3 is 2.58 bits per heavy atom. The second-order valence-corrected chi connectivity index (χ2v) is 6.18. The molecule has 3 aromatic rings. The van der Waals surface area contributed by atoms with Crippen LogP contribution >= 0.6 is 0 Å². The van der Waals surface area contributed by atoms with Crippen LogP contribution in [0, 0.1) is 0 Å². The summed E-state index contributed by atoms with van der Waals surface area (Å²) in [4.78, 5) is 16.2. The van der Waals surface area contributed by atoms with Crippen molar-refractivity contribution < 1.29 is 14.1 Å². The van der Waals surface area contributed by atoms with Crippen molar-refractivity contribution in [2.24, 2.45) is 0 Å². The van der Waals surface area contributed by atoms with Crippen LogP contribution in [0.5, 0.6) is 0 Å². The van der Waals surface area contributed by atoms with Gasteiger partial charge in [-0.05, 0) is 23.6 Å². The average Bonchev–Trinajstić information content (AvgIpc) is 3.15. The van der Waals surface area contributed by atoms with E-state index in [0.717, 1.165) is 5.56 Å². The number of methoxy groups -OCH3 is 1. The van der Waals surface area contributed by atoms with Gasteiger partial charge in [0.2, 0.25) is 11.7 Å². The molecule has 0 aliphatic carbocycles. The molecule has 0 saturated heterocycles. The molecule has 1 aromatic heterocycles. The van der Waals surface area contributed by atoms with E-state index in [-0.39, 0.29) is 0 Å². The highest BCUT2D eigenvalue weighted by atomic mass is 16.5. The number of hydrogen-bond donors (Lipinski definition) is 1. The van der Waals surface area contributed by atoms with E-state index in [1.54, 1.807) is 18.2 Å². The molecule has 0 radical (unpaired) electrons. The van der Waals surface area contributed by atoms with Crippen molar-refractivity contribution in [3.05, 3.63) is 65.5 Å². The molecule has 0 bridgehead atoms. The van der Waals surface area contributed by atoms with Gasteiger partial charge in [-0.1, -0.05) is 55.4 Å². The van der Waals surface area contributed by atoms with Crippen LogP contribution in [-0.4, -0.2) is 23.2 Å². The van der Waals surface area contributed by atoms with Crippen molar-refractivity contribution in [2.75, 3.05) is 12.4 Å². The summed E-state index contributed by atoms with van der Waals surface area (Å²) >= 11 is 0. The molecule has 134 valence electrons. The number of nitrogens with one attached hydrogen (secondary N) is 1. The molecule has 3 rings (SSSR count). The third kappa shape index (κ3) is 3.91. The van der Waals surface area contributed by atoms with Crippen LogP contribution in [0.1, 0.15) is 41.6 Å². The number of rotatable bonds is 6. The van der Waals surface area contributed by atoms with Crippen LogP contribution < -0.4 is 5.32 Å². The van der Waals surface area contributed by atoms with Crippen LogP contribution in [-0.2, 0) is 11.3 Å². The average molecular weight is 351 g/mol. The van der Waals surface area contributed by atoms with Gasteiger partial charge in [-0.2, -0.15) is 4.98 Å². The maximum atomic E-state index is 11.8. The van der Waals surface area contributed by atoms with Crippen molar-refractivity contribution in [2.45, 2.75) is 26.3 Å². The Morgan fingerprint density at radius 2 is 1.88 bits per heavy atom. The molecule has 6 nitrogen and oxygen atoms in total. The minimum Gasteiger partial charge on any atom is -0.465 e. The summed E-state index contributed by atoms with van der Waals surface area (Å²) in [6, 6.07) is 15.2. The lowest BCUT2D eigenvalue weighted by Crippen LogP contribution is -2.08. The molecule has 1 heterocycles. The highest BCUT2D eigenvalue weighted by Crippen LogP contribution is 2.21. The lowest BCUT2D eigenvalue weighted by molar-refractivity contribution is 0.0602. The van der Waals surface area contributed by atoms with E-state index >= 15 is 0 Å². The Bertz CT molecular complexity index is 885. The summed E-state index contributed by atoms with van der Waals surface area (Å²) in [5, 5.41) is 7.17. The zero-order chi connectivity index (χ0) is 18.5. The zero-order valence-electron chi connectivity index (χ0n) is 15.0. The van der Waals surface area contributed by atoms with Crippen molar-refractivity contribution in [1.29, 1.82) is 0 Å². The first-order valence-corrected chi connectivity index (χ1v) is 8.42. The molecule has 0 aliphatic heterocycles. The Labute approximate surface area is 152 Å². The van der Waals surface area contributed by atoms with Crippen molar-refractivity contribution in [1.82, 2.24) is 10.1 Å². The predicted molar refractivity (Wildman–Crippen MR) is 98.9 cm³/mol. The first-order valence-electron chi connectivity index (χ1n) is 8.42. The van der Waals surface area contributed by atoms with Crippen LogP contribution in [0.15, 0.2) is 53.1 Å². The van der Waals surface area contributed by atoms with Crippen molar-refractivity contribution in [3.63, 3.8) is 0 Å². The third-order valence-corrected chi connectivity index (χ3v) is 4.07. The lowest BCUT2D eigenvalue weighted by Gasteiger charge is -2.08. The molecule has 1 N–H and O–H groups in total. The molecule has 0 atom stereocenters. The van der Waals surface area contributed by atoms with E-state index in [9.17, 15) is 4.79 Å². The molecule has 0 spiro atoms. The smallest absolute Gasteiger partial charge is 0.339 e. The topological polar surface area (TPSA) is 77.2 Å². The molecular weight excluding hydrogens is 330 g/mol. The number of benzene rings is 2. The molecule has 26 heavy (non-hydrogen) atoms. The minimum atomic E-state index is -0.399. The summed E-state index contributed by atoms with van der Waals surface area (Å²) in [5.41, 5.74) is 3.28. The van der Waals surface area contributed by atoms with Crippen LogP contribution in [0.3, 0.4) is 0 Å². The molecule has 2 aromatic carbocycles. The van der Waals surface area contributed by atoms with Gasteiger partial charge in [0.15, 0.2) is 0 Å². The Balaban J connectivity index is 1.71. The Hall–Kier alpha value is -3.15. The maximum absolute atomic E-state index is 11.8. The zero-order valence-corrected chi connectivity index (χ0v) is 15.0. The number of para-hydroxylation sites is 1. The highest BCUT2D eigenvalue weighted by Gasteiger charge is 2.13. The first-order chi connectivity index (χ1) is 12.6. The SMILES string of the molecule is COC(=O)c1ccccc1NCc1nc(-c2ccc(C(C)C)cc2)no1. The summed E-state index contributed by atoms with van der Waals surface area (Å²) in [7, 11) is 1.36. The van der Waals surface area contributed by atoms with Gasteiger partial charge in [0.25, 0.3) is 0 Å². The third-order valence-electron chi connectivity index (χ3n) is 4.07. The Morgan fingerprint density at radius 1 is 1.15 bits per heavy atom. The summed E-state index contributed by atoms with van der Waals surface area (Å²) < 4.78 is 10.1. The standard InChI is InChI=1S/C20H21N3O3/c1-13(2)14-8-10-15(11-9-14)19-22-18(26-23-19)12-21-17-7-5-4-6-16(17)20(24)25-3/h4-11,13,21H,12H2,1-3H3. The fourth-order valence-corrected chi connectivity index (χ4v) is 2.56. The van der Waals surface area contributed by atoms with Gasteiger partial charge < -0.3 is 14.6 Å². The van der Waals surface area contributed by atoms with Crippen molar-refractivity contribution in [3.8, 4) is 11.4 Å². The molecule has 0 aliphatic rings. The summed E-state index contributed by atoms with van der Waals surface area (Å²) in [6.07, 6.45) is 0. The van der Waals surface area contributed by atoms with Gasteiger partial charge in [0.1, 0.15) is 0 Å². The molecule has 0 fully saturated rings. The van der Waals surface area contributed by atoms with E-state index < -0.39 is 5.97 Å². The summed E-state index contributed by atoms with van der Waals surface area (Å²) in [6.45, 7) is 4.61. The molecule has 0 amide bonds. The van der Waals surface area contributed by atoms with Crippen molar-refractivity contribution >= 4 is 11.7 Å². The number of hydrogen-bond acceptors (Lipinski definition) is 6. The van der Waals surface area contributed by atoms with Gasteiger partial charge in [0, 0.05) is 11.3 Å². The normalized spacial score (nSPS) is 10.8. The second-order valence-electron chi connectivity index (χ2n) is 6.18. The van der Waals surface area contributed by atoms with Gasteiger partial charge in [0.05, 0.1) is 19.2 Å². The lowest BCUT2D eigenvalue weighted by atomic mass is 10.0. The van der Waals surface area contributed by atoms with E-state index in [2.05, 4.69) is 41.4 Å².